The minimum Gasteiger partial charge on any atom is -0.463 e. The van der Waals surface area contributed by atoms with Crippen molar-refractivity contribution < 1.29 is 26.9 Å². The molecule has 0 saturated heterocycles. The maximum Gasteiger partial charge on any atom is 0.305 e. The average molecular weight is 358 g/mol. The van der Waals surface area contributed by atoms with Gasteiger partial charge in [0.25, 0.3) is 10.1 Å². The molecule has 7 heteroatoms. The molecule has 0 heterocycles. The van der Waals surface area contributed by atoms with Crippen LogP contribution in [0.15, 0.2) is 29.2 Å². The third-order valence-corrected chi connectivity index (χ3v) is 4.58. The lowest BCUT2D eigenvalue weighted by Crippen LogP contribution is -2.15. The first-order valence-electron chi connectivity index (χ1n) is 8.15. The van der Waals surface area contributed by atoms with E-state index in [-0.39, 0.29) is 37.3 Å². The van der Waals surface area contributed by atoms with Gasteiger partial charge in [-0.3, -0.25) is 8.98 Å². The Bertz CT molecular complexity index is 580. The molecule has 0 aliphatic carbocycles. The van der Waals surface area contributed by atoms with Gasteiger partial charge in [-0.25, -0.2) is 0 Å². The summed E-state index contributed by atoms with van der Waals surface area (Å²) in [5.74, 6) is -0.231. The zero-order valence-electron chi connectivity index (χ0n) is 14.3. The first kappa shape index (κ1) is 20.6. The van der Waals surface area contributed by atoms with E-state index < -0.39 is 10.1 Å². The van der Waals surface area contributed by atoms with E-state index in [0.29, 0.717) is 6.42 Å². The zero-order chi connectivity index (χ0) is 17.8. The van der Waals surface area contributed by atoms with Gasteiger partial charge in [0.05, 0.1) is 24.7 Å². The fraction of sp³-hybridized carbons (Fsp3) is 0.588. The van der Waals surface area contributed by atoms with Gasteiger partial charge in [-0.1, -0.05) is 37.5 Å². The molecule has 1 aromatic carbocycles. The Morgan fingerprint density at radius 1 is 1.00 bits per heavy atom. The minimum absolute atomic E-state index is 0.0827. The van der Waals surface area contributed by atoms with E-state index in [2.05, 4.69) is 6.92 Å². The standard InChI is InChI=1S/C17H26O6S/c1-3-4-5-6-17(18)22-13-11-21-12-14-23-24(19,20)16-9-7-15(2)8-10-16/h7-10H,3-6,11-14H2,1-2H3. The maximum absolute atomic E-state index is 11.9. The summed E-state index contributed by atoms with van der Waals surface area (Å²) in [6, 6.07) is 6.43. The quantitative estimate of drug-likeness (QED) is 0.325. The first-order chi connectivity index (χ1) is 11.5. The first-order valence-corrected chi connectivity index (χ1v) is 9.56. The van der Waals surface area contributed by atoms with Crippen LogP contribution < -0.4 is 0 Å². The summed E-state index contributed by atoms with van der Waals surface area (Å²) in [6.07, 6.45) is 3.33. The summed E-state index contributed by atoms with van der Waals surface area (Å²) < 4.78 is 38.9. The number of benzene rings is 1. The number of carbonyl (C=O) groups is 1. The van der Waals surface area contributed by atoms with Crippen molar-refractivity contribution in [1.82, 2.24) is 0 Å². The lowest BCUT2D eigenvalue weighted by atomic mass is 10.2. The van der Waals surface area contributed by atoms with Crippen LogP contribution in [0.1, 0.15) is 38.2 Å². The molecule has 0 fully saturated rings. The molecular formula is C17H26O6S. The van der Waals surface area contributed by atoms with Crippen LogP contribution in [-0.2, 0) is 28.6 Å². The van der Waals surface area contributed by atoms with E-state index in [0.717, 1.165) is 24.8 Å². The summed E-state index contributed by atoms with van der Waals surface area (Å²) in [7, 11) is -3.76. The predicted octanol–water partition coefficient (Wildman–Crippen LogP) is 2.84. The zero-order valence-corrected chi connectivity index (χ0v) is 15.1. The number of aryl methyl sites for hydroxylation is 1. The molecule has 0 atom stereocenters. The van der Waals surface area contributed by atoms with Gasteiger partial charge >= 0.3 is 5.97 Å². The largest absolute Gasteiger partial charge is 0.463 e. The highest BCUT2D eigenvalue weighted by Crippen LogP contribution is 2.12. The Kier molecular flexibility index (Phi) is 9.59. The topological polar surface area (TPSA) is 78.9 Å². The van der Waals surface area contributed by atoms with Gasteiger partial charge < -0.3 is 9.47 Å². The van der Waals surface area contributed by atoms with Crippen LogP contribution >= 0.6 is 0 Å². The lowest BCUT2D eigenvalue weighted by molar-refractivity contribution is -0.145. The van der Waals surface area contributed by atoms with Crippen molar-refractivity contribution in [3.8, 4) is 0 Å². The molecule has 1 aromatic rings. The molecule has 0 spiro atoms. The van der Waals surface area contributed by atoms with Crippen LogP contribution in [0.2, 0.25) is 0 Å². The summed E-state index contributed by atoms with van der Waals surface area (Å²) in [5, 5.41) is 0. The Balaban J connectivity index is 2.11. The molecule has 0 aliphatic heterocycles. The minimum atomic E-state index is -3.76. The monoisotopic (exact) mass is 358 g/mol. The molecule has 24 heavy (non-hydrogen) atoms. The molecule has 6 nitrogen and oxygen atoms in total. The van der Waals surface area contributed by atoms with Crippen LogP contribution in [0.3, 0.4) is 0 Å². The van der Waals surface area contributed by atoms with Crippen molar-refractivity contribution in [3.63, 3.8) is 0 Å². The predicted molar refractivity (Wildman–Crippen MR) is 90.2 cm³/mol. The number of carbonyl (C=O) groups excluding carboxylic acids is 1. The lowest BCUT2D eigenvalue weighted by Gasteiger charge is -2.07. The normalized spacial score (nSPS) is 11.4. The number of unbranched alkanes of at least 4 members (excludes halogenated alkanes) is 2. The van der Waals surface area contributed by atoms with Gasteiger partial charge in [-0.2, -0.15) is 8.42 Å². The van der Waals surface area contributed by atoms with Crippen LogP contribution in [0.4, 0.5) is 0 Å². The van der Waals surface area contributed by atoms with Crippen molar-refractivity contribution in [1.29, 1.82) is 0 Å². The number of hydrogen-bond donors (Lipinski definition) is 0. The third-order valence-electron chi connectivity index (χ3n) is 3.25. The number of esters is 1. The molecule has 0 radical (unpaired) electrons. The second kappa shape index (κ2) is 11.2. The Labute approximate surface area is 144 Å². The Hall–Kier alpha value is -1.44. The van der Waals surface area contributed by atoms with Crippen molar-refractivity contribution in [2.75, 3.05) is 26.4 Å². The highest BCUT2D eigenvalue weighted by Gasteiger charge is 2.14. The van der Waals surface area contributed by atoms with Crippen LogP contribution in [-0.4, -0.2) is 40.8 Å². The van der Waals surface area contributed by atoms with Gasteiger partial charge in [0.15, 0.2) is 0 Å². The van der Waals surface area contributed by atoms with Crippen molar-refractivity contribution in [3.05, 3.63) is 29.8 Å². The van der Waals surface area contributed by atoms with Crippen molar-refractivity contribution in [2.24, 2.45) is 0 Å². The molecule has 0 aromatic heterocycles. The summed E-state index contributed by atoms with van der Waals surface area (Å²) in [5.41, 5.74) is 0.974. The highest BCUT2D eigenvalue weighted by atomic mass is 32.2. The van der Waals surface area contributed by atoms with E-state index in [1.54, 1.807) is 12.1 Å². The van der Waals surface area contributed by atoms with Gasteiger partial charge in [-0.05, 0) is 25.5 Å². The smallest absolute Gasteiger partial charge is 0.305 e. The maximum atomic E-state index is 11.9. The summed E-state index contributed by atoms with van der Waals surface area (Å²) >= 11 is 0. The van der Waals surface area contributed by atoms with E-state index in [4.69, 9.17) is 13.7 Å². The number of rotatable bonds is 12. The van der Waals surface area contributed by atoms with Crippen LogP contribution in [0.25, 0.3) is 0 Å². The van der Waals surface area contributed by atoms with Crippen LogP contribution in [0.5, 0.6) is 0 Å². The molecule has 0 unspecified atom stereocenters. The molecular weight excluding hydrogens is 332 g/mol. The van der Waals surface area contributed by atoms with E-state index in [1.807, 2.05) is 6.92 Å². The molecule has 0 bridgehead atoms. The van der Waals surface area contributed by atoms with Gasteiger partial charge in [0.2, 0.25) is 0 Å². The fourth-order valence-corrected chi connectivity index (χ4v) is 2.78. The van der Waals surface area contributed by atoms with E-state index in [9.17, 15) is 13.2 Å². The number of hydrogen-bond acceptors (Lipinski definition) is 6. The number of ether oxygens (including phenoxy) is 2. The SMILES string of the molecule is CCCCCC(=O)OCCOCCOS(=O)(=O)c1ccc(C)cc1. The average Bonchev–Trinajstić information content (AvgIpc) is 2.54. The van der Waals surface area contributed by atoms with Gasteiger partial charge in [0.1, 0.15) is 6.61 Å². The molecule has 136 valence electrons. The highest BCUT2D eigenvalue weighted by molar-refractivity contribution is 7.86. The molecule has 0 N–H and O–H groups in total. The third kappa shape index (κ3) is 8.42. The van der Waals surface area contributed by atoms with Gasteiger partial charge in [0, 0.05) is 6.42 Å². The second-order valence-corrected chi connectivity index (χ2v) is 6.99. The summed E-state index contributed by atoms with van der Waals surface area (Å²) in [6.45, 7) is 4.35. The molecule has 0 aliphatic rings. The Morgan fingerprint density at radius 3 is 2.33 bits per heavy atom. The molecule has 0 saturated carbocycles. The van der Waals surface area contributed by atoms with Crippen molar-refractivity contribution in [2.45, 2.75) is 44.4 Å². The summed E-state index contributed by atoms with van der Waals surface area (Å²) in [4.78, 5) is 11.5. The fourth-order valence-electron chi connectivity index (χ4n) is 1.88. The van der Waals surface area contributed by atoms with E-state index >= 15 is 0 Å². The molecule has 1 rings (SSSR count). The van der Waals surface area contributed by atoms with Crippen LogP contribution in [0, 0.1) is 6.92 Å². The Morgan fingerprint density at radius 2 is 1.67 bits per heavy atom. The van der Waals surface area contributed by atoms with E-state index in [1.165, 1.54) is 12.1 Å². The molecule has 0 amide bonds. The van der Waals surface area contributed by atoms with Gasteiger partial charge in [-0.15, -0.1) is 0 Å². The second-order valence-electron chi connectivity index (χ2n) is 5.38. The van der Waals surface area contributed by atoms with Crippen molar-refractivity contribution >= 4 is 16.1 Å².